The number of rotatable bonds is 0. The molecule has 0 amide bonds. The first-order valence-electron chi connectivity index (χ1n) is 0. The van der Waals surface area contributed by atoms with Crippen LogP contribution in [0, 0.1) is 0 Å². The minimum Gasteiger partial charge on any atom is -1.00 e. The summed E-state index contributed by atoms with van der Waals surface area (Å²) in [5, 5.41) is 0. The Labute approximate surface area is 102 Å². The van der Waals surface area contributed by atoms with Crippen LogP contribution in [0.2, 0.25) is 0 Å². The van der Waals surface area contributed by atoms with E-state index in [1.807, 2.05) is 0 Å². The van der Waals surface area contributed by atoms with Gasteiger partial charge in [0.2, 0.25) is 0 Å². The van der Waals surface area contributed by atoms with Crippen LogP contribution in [0.3, 0.4) is 0 Å². The second-order valence-corrected chi connectivity index (χ2v) is 0. The SMILES string of the molecule is Br.Br.[AlH3].[H-].[K+]. The van der Waals surface area contributed by atoms with E-state index >= 15 is 0 Å². The molecule has 0 heterocycles. The van der Waals surface area contributed by atoms with E-state index in [0.29, 0.717) is 0 Å². The topological polar surface area (TPSA) is 0 Å². The second kappa shape index (κ2) is 16.5. The first-order valence-corrected chi connectivity index (χ1v) is 0. The van der Waals surface area contributed by atoms with Crippen LogP contribution in [0.15, 0.2) is 0 Å². The van der Waals surface area contributed by atoms with Gasteiger partial charge in [0.1, 0.15) is 0 Å². The van der Waals surface area contributed by atoms with Gasteiger partial charge in [-0.1, -0.05) is 0 Å². The third-order valence-electron chi connectivity index (χ3n) is 0. The van der Waals surface area contributed by atoms with Crippen LogP contribution in [0.4, 0.5) is 0 Å². The summed E-state index contributed by atoms with van der Waals surface area (Å²) < 4.78 is 0. The van der Waals surface area contributed by atoms with Gasteiger partial charge < -0.3 is 1.43 Å². The Balaban J connectivity index is 0. The van der Waals surface area contributed by atoms with Gasteiger partial charge >= 0.3 is 51.4 Å². The van der Waals surface area contributed by atoms with Gasteiger partial charge in [-0.05, 0) is 0 Å². The van der Waals surface area contributed by atoms with Crippen molar-refractivity contribution in [2.45, 2.75) is 0 Å². The molecule has 0 aliphatic carbocycles. The van der Waals surface area contributed by atoms with Crippen LogP contribution in [0.5, 0.6) is 0 Å². The van der Waals surface area contributed by atoms with Crippen molar-refractivity contribution in [1.82, 2.24) is 0 Å². The molecule has 0 saturated carbocycles. The maximum absolute atomic E-state index is 0. The molecule has 0 saturated heterocycles. The molecule has 0 aromatic carbocycles. The summed E-state index contributed by atoms with van der Waals surface area (Å²) in [6.45, 7) is 0. The van der Waals surface area contributed by atoms with Gasteiger partial charge in [0.15, 0.2) is 17.4 Å². The Hall–Kier alpha value is 3.13. The summed E-state index contributed by atoms with van der Waals surface area (Å²) in [5.74, 6) is 0. The van der Waals surface area contributed by atoms with Crippen LogP contribution in [-0.2, 0) is 0 Å². The van der Waals surface area contributed by atoms with Crippen LogP contribution < -0.4 is 51.4 Å². The average Bonchev–Trinajstić information content (AvgIpc) is 0. The molecule has 0 fully saturated rings. The van der Waals surface area contributed by atoms with Crippen molar-refractivity contribution in [2.75, 3.05) is 0 Å². The van der Waals surface area contributed by atoms with Gasteiger partial charge in [0.05, 0.1) is 0 Å². The maximum atomic E-state index is 0. The molecule has 0 rings (SSSR count). The zero-order chi connectivity index (χ0) is 0. The van der Waals surface area contributed by atoms with Crippen molar-refractivity contribution in [3.05, 3.63) is 0 Å². The summed E-state index contributed by atoms with van der Waals surface area (Å²) in [5.41, 5.74) is 0. The third-order valence-corrected chi connectivity index (χ3v) is 0. The Morgan fingerprint density at radius 1 is 1.00 bits per heavy atom. The first-order chi connectivity index (χ1) is 0. The number of halogens is 2. The summed E-state index contributed by atoms with van der Waals surface area (Å²) >= 11 is 0. The van der Waals surface area contributed by atoms with Crippen molar-refractivity contribution in [3.8, 4) is 0 Å². The first kappa shape index (κ1) is 27.4. The van der Waals surface area contributed by atoms with Gasteiger partial charge in [0, 0.05) is 0 Å². The minimum absolute atomic E-state index is 0. The van der Waals surface area contributed by atoms with E-state index < -0.39 is 0 Å². The van der Waals surface area contributed by atoms with Crippen molar-refractivity contribution in [3.63, 3.8) is 0 Å². The minimum atomic E-state index is 0. The largest absolute Gasteiger partial charge is 1.00 e. The van der Waals surface area contributed by atoms with Crippen molar-refractivity contribution in [1.29, 1.82) is 0 Å². The molecule has 0 nitrogen and oxygen atoms in total. The monoisotopic (exact) mass is 230 g/mol. The standard InChI is InChI=1S/Al.2BrH.K.4H/h;2*1H;;;;;/q;;;+1;;;;-1. The molecule has 0 bridgehead atoms. The molecule has 0 radical (unpaired) electrons. The molecule has 0 aliphatic rings. The van der Waals surface area contributed by atoms with Gasteiger partial charge in [-0.2, -0.15) is 0 Å². The predicted molar refractivity (Wildman–Crippen MR) is 31.7 cm³/mol. The van der Waals surface area contributed by atoms with Gasteiger partial charge in [-0.15, -0.1) is 34.0 Å². The third kappa shape index (κ3) is 8.93. The van der Waals surface area contributed by atoms with Gasteiger partial charge in [0.25, 0.3) is 0 Å². The average molecular weight is 232 g/mol. The molecular formula is H6AlBr2K. The molecule has 0 aromatic rings. The normalized spacial score (nSPS) is 0. The molecule has 0 spiro atoms. The quantitative estimate of drug-likeness (QED) is 0.393. The molecule has 4 heavy (non-hydrogen) atoms. The molecular weight excluding hydrogens is 226 g/mol. The summed E-state index contributed by atoms with van der Waals surface area (Å²) in [6.07, 6.45) is 0. The number of hydrogen-bond acceptors (Lipinski definition) is 0. The van der Waals surface area contributed by atoms with Crippen LogP contribution >= 0.6 is 34.0 Å². The van der Waals surface area contributed by atoms with E-state index in [-0.39, 0.29) is 104 Å². The van der Waals surface area contributed by atoms with Crippen molar-refractivity contribution >= 4 is 51.3 Å². The Bertz CT molecular complexity index is 9.61. The zero-order valence-electron chi connectivity index (χ0n) is 2.82. The molecule has 4 heteroatoms. The fourth-order valence-corrected chi connectivity index (χ4v) is 0. The Kier molecular flexibility index (Phi) is 113. The second-order valence-electron chi connectivity index (χ2n) is 0. The summed E-state index contributed by atoms with van der Waals surface area (Å²) in [6, 6.07) is 0. The van der Waals surface area contributed by atoms with Gasteiger partial charge in [-0.25, -0.2) is 0 Å². The zero-order valence-corrected chi connectivity index (χ0v) is 8.37. The predicted octanol–water partition coefficient (Wildman–Crippen LogP) is -2.91. The molecule has 0 N–H and O–H groups in total. The fourth-order valence-electron chi connectivity index (χ4n) is 0. The molecule has 0 aliphatic heterocycles. The van der Waals surface area contributed by atoms with Crippen LogP contribution in [-0.4, -0.2) is 17.4 Å². The molecule has 0 atom stereocenters. The van der Waals surface area contributed by atoms with Crippen LogP contribution in [0.25, 0.3) is 0 Å². The molecule has 0 unspecified atom stereocenters. The van der Waals surface area contributed by atoms with Gasteiger partial charge in [-0.3, -0.25) is 0 Å². The van der Waals surface area contributed by atoms with E-state index in [9.17, 15) is 0 Å². The molecule has 0 aromatic heterocycles. The maximum Gasteiger partial charge on any atom is 1.00 e. The number of hydrogen-bond donors (Lipinski definition) is 0. The smallest absolute Gasteiger partial charge is 1.00 e. The van der Waals surface area contributed by atoms with E-state index in [1.165, 1.54) is 0 Å². The Morgan fingerprint density at radius 3 is 1.00 bits per heavy atom. The van der Waals surface area contributed by atoms with E-state index in [4.69, 9.17) is 0 Å². The van der Waals surface area contributed by atoms with Crippen molar-refractivity contribution in [2.24, 2.45) is 0 Å². The van der Waals surface area contributed by atoms with E-state index in [2.05, 4.69) is 0 Å². The van der Waals surface area contributed by atoms with E-state index in [1.54, 1.807) is 0 Å². The van der Waals surface area contributed by atoms with E-state index in [0.717, 1.165) is 0 Å². The molecule has 24 valence electrons. The fraction of sp³-hybridized carbons (Fsp3) is 0. The van der Waals surface area contributed by atoms with Crippen LogP contribution in [0.1, 0.15) is 1.43 Å². The van der Waals surface area contributed by atoms with Crippen molar-refractivity contribution < 1.29 is 52.8 Å². The summed E-state index contributed by atoms with van der Waals surface area (Å²) in [7, 11) is 0. The summed E-state index contributed by atoms with van der Waals surface area (Å²) in [4.78, 5) is 0. The Morgan fingerprint density at radius 2 is 1.00 bits per heavy atom.